The predicted molar refractivity (Wildman–Crippen MR) is 117 cm³/mol. The molecule has 4 rings (SSSR count). The fraction of sp³-hybridized carbons (Fsp3) is 0.167. The van der Waals surface area contributed by atoms with Crippen molar-refractivity contribution in [2.45, 2.75) is 13.1 Å². The topological polar surface area (TPSA) is 60.9 Å². The van der Waals surface area contributed by atoms with Crippen molar-refractivity contribution in [2.24, 2.45) is 0 Å². The molecule has 0 N–H and O–H groups in total. The van der Waals surface area contributed by atoms with E-state index in [4.69, 9.17) is 25.8 Å². The first kappa shape index (κ1) is 20.8. The maximum absolute atomic E-state index is 13.4. The Morgan fingerprint density at radius 3 is 2.58 bits per heavy atom. The van der Waals surface area contributed by atoms with Crippen LogP contribution in [0.25, 0.3) is 0 Å². The minimum Gasteiger partial charge on any atom is -0.488 e. The van der Waals surface area contributed by atoms with Crippen LogP contribution < -0.4 is 14.2 Å². The highest BCUT2D eigenvalue weighted by molar-refractivity contribution is 6.29. The zero-order valence-electron chi connectivity index (χ0n) is 16.8. The van der Waals surface area contributed by atoms with Crippen LogP contribution in [0.4, 0.5) is 0 Å². The minimum atomic E-state index is -0.110. The molecule has 1 aliphatic rings. The van der Waals surface area contributed by atoms with Gasteiger partial charge >= 0.3 is 0 Å². The molecule has 0 aliphatic carbocycles. The van der Waals surface area contributed by atoms with Crippen LogP contribution in [-0.4, -0.2) is 29.2 Å². The lowest BCUT2D eigenvalue weighted by atomic mass is 10.1. The molecule has 2 aromatic carbocycles. The van der Waals surface area contributed by atoms with E-state index in [0.29, 0.717) is 40.9 Å². The van der Waals surface area contributed by atoms with Gasteiger partial charge in [-0.25, -0.2) is 0 Å². The highest BCUT2D eigenvalue weighted by Crippen LogP contribution is 2.33. The summed E-state index contributed by atoms with van der Waals surface area (Å²) >= 11 is 5.75. The number of nitrogens with zero attached hydrogens (tertiary/aromatic N) is 2. The third kappa shape index (κ3) is 5.35. The highest BCUT2D eigenvalue weighted by atomic mass is 35.5. The molecule has 0 radical (unpaired) electrons. The van der Waals surface area contributed by atoms with E-state index in [1.54, 1.807) is 35.5 Å². The molecule has 0 fully saturated rings. The average molecular weight is 437 g/mol. The lowest BCUT2D eigenvalue weighted by Crippen LogP contribution is -2.30. The van der Waals surface area contributed by atoms with Gasteiger partial charge in [0.05, 0.1) is 0 Å². The van der Waals surface area contributed by atoms with Gasteiger partial charge < -0.3 is 19.1 Å². The van der Waals surface area contributed by atoms with Gasteiger partial charge in [-0.15, -0.1) is 0 Å². The van der Waals surface area contributed by atoms with E-state index in [1.165, 1.54) is 0 Å². The van der Waals surface area contributed by atoms with E-state index in [2.05, 4.69) is 11.6 Å². The van der Waals surface area contributed by atoms with Crippen molar-refractivity contribution in [1.82, 2.24) is 9.88 Å². The summed E-state index contributed by atoms with van der Waals surface area (Å²) in [5.41, 5.74) is 2.45. The van der Waals surface area contributed by atoms with Crippen LogP contribution in [0.5, 0.6) is 17.2 Å². The summed E-state index contributed by atoms with van der Waals surface area (Å²) in [5, 5.41) is 0.432. The average Bonchev–Trinajstić information content (AvgIpc) is 3.26. The van der Waals surface area contributed by atoms with Crippen LogP contribution in [0.1, 0.15) is 21.5 Å². The number of pyridine rings is 1. The largest absolute Gasteiger partial charge is 0.488 e. The number of carbonyl (C=O) groups is 1. The molecule has 1 aromatic heterocycles. The van der Waals surface area contributed by atoms with Crippen molar-refractivity contribution in [3.63, 3.8) is 0 Å². The fourth-order valence-electron chi connectivity index (χ4n) is 3.20. The summed E-state index contributed by atoms with van der Waals surface area (Å²) < 4.78 is 16.3. The van der Waals surface area contributed by atoms with Crippen LogP contribution in [-0.2, 0) is 13.1 Å². The van der Waals surface area contributed by atoms with Crippen molar-refractivity contribution in [3.05, 3.63) is 95.3 Å². The molecule has 6 nitrogen and oxygen atoms in total. The summed E-state index contributed by atoms with van der Waals surface area (Å²) in [6, 6.07) is 16.6. The van der Waals surface area contributed by atoms with Crippen molar-refractivity contribution in [1.29, 1.82) is 0 Å². The molecule has 7 heteroatoms. The Balaban J connectivity index is 1.54. The molecule has 0 atom stereocenters. The van der Waals surface area contributed by atoms with Gasteiger partial charge in [0.15, 0.2) is 11.5 Å². The Morgan fingerprint density at radius 1 is 1.06 bits per heavy atom. The van der Waals surface area contributed by atoms with E-state index in [-0.39, 0.29) is 19.3 Å². The van der Waals surface area contributed by atoms with Crippen molar-refractivity contribution in [2.75, 3.05) is 13.4 Å². The molecule has 0 saturated carbocycles. The van der Waals surface area contributed by atoms with E-state index < -0.39 is 0 Å². The number of rotatable bonds is 8. The molecule has 0 bridgehead atoms. The minimum absolute atomic E-state index is 0.110. The standard InChI is InChI=1S/C24H21ClN2O4/c1-17(25)15-29-21-7-4-18(5-8-21)13-27(14-19-3-2-10-26-12-19)24(28)20-6-9-22-23(11-20)31-16-30-22/h2-12H,1,13-16H2. The number of amides is 1. The second kappa shape index (κ2) is 9.53. The summed E-state index contributed by atoms with van der Waals surface area (Å²) in [6.45, 7) is 4.87. The van der Waals surface area contributed by atoms with E-state index in [9.17, 15) is 4.79 Å². The van der Waals surface area contributed by atoms with E-state index in [1.807, 2.05) is 36.4 Å². The van der Waals surface area contributed by atoms with Crippen LogP contribution in [0.3, 0.4) is 0 Å². The number of carbonyl (C=O) groups excluding carboxylic acids is 1. The van der Waals surface area contributed by atoms with Gasteiger partial charge in [0.25, 0.3) is 5.91 Å². The number of ether oxygens (including phenoxy) is 3. The molecule has 3 aromatic rings. The monoisotopic (exact) mass is 436 g/mol. The maximum atomic E-state index is 13.4. The molecular formula is C24H21ClN2O4. The number of halogens is 1. The highest BCUT2D eigenvalue weighted by Gasteiger charge is 2.21. The molecular weight excluding hydrogens is 416 g/mol. The van der Waals surface area contributed by atoms with Gasteiger partial charge in [-0.1, -0.05) is 36.4 Å². The first-order valence-electron chi connectivity index (χ1n) is 9.71. The fourth-order valence-corrected chi connectivity index (χ4v) is 3.25. The summed E-state index contributed by atoms with van der Waals surface area (Å²) in [4.78, 5) is 19.3. The number of hydrogen-bond acceptors (Lipinski definition) is 5. The van der Waals surface area contributed by atoms with Crippen LogP contribution in [0.2, 0.25) is 0 Å². The molecule has 0 saturated heterocycles. The van der Waals surface area contributed by atoms with Crippen LogP contribution in [0, 0.1) is 0 Å². The van der Waals surface area contributed by atoms with Gasteiger partial charge in [0, 0.05) is 36.1 Å². The first-order valence-corrected chi connectivity index (χ1v) is 10.1. The third-order valence-corrected chi connectivity index (χ3v) is 4.80. The van der Waals surface area contributed by atoms with Gasteiger partial charge in [-0.3, -0.25) is 9.78 Å². The predicted octanol–water partition coefficient (Wildman–Crippen LogP) is 4.78. The Labute approximate surface area is 185 Å². The Kier molecular flexibility index (Phi) is 6.38. The van der Waals surface area contributed by atoms with Gasteiger partial charge in [0.2, 0.25) is 6.79 Å². The molecule has 1 amide bonds. The lowest BCUT2D eigenvalue weighted by molar-refractivity contribution is 0.0729. The maximum Gasteiger partial charge on any atom is 0.254 e. The number of benzene rings is 2. The number of hydrogen-bond donors (Lipinski definition) is 0. The molecule has 158 valence electrons. The van der Waals surface area contributed by atoms with Gasteiger partial charge in [0.1, 0.15) is 12.4 Å². The number of aromatic nitrogens is 1. The Hall–Kier alpha value is -3.51. The zero-order valence-corrected chi connectivity index (χ0v) is 17.5. The summed E-state index contributed by atoms with van der Waals surface area (Å²) in [6.07, 6.45) is 3.47. The van der Waals surface area contributed by atoms with E-state index >= 15 is 0 Å². The number of fused-ring (bicyclic) bond motifs is 1. The summed E-state index contributed by atoms with van der Waals surface area (Å²) in [7, 11) is 0. The van der Waals surface area contributed by atoms with Crippen LogP contribution >= 0.6 is 11.6 Å². The normalized spacial score (nSPS) is 11.8. The third-order valence-electron chi connectivity index (χ3n) is 4.70. The SMILES string of the molecule is C=C(Cl)COc1ccc(CN(Cc2cccnc2)C(=O)c2ccc3c(c2)OCO3)cc1. The summed E-state index contributed by atoms with van der Waals surface area (Å²) in [5.74, 6) is 1.80. The first-order chi connectivity index (χ1) is 15.1. The van der Waals surface area contributed by atoms with Crippen molar-refractivity contribution < 1.29 is 19.0 Å². The Bertz CT molecular complexity index is 1070. The smallest absolute Gasteiger partial charge is 0.254 e. The molecule has 0 spiro atoms. The molecule has 1 aliphatic heterocycles. The van der Waals surface area contributed by atoms with Crippen molar-refractivity contribution in [3.8, 4) is 17.2 Å². The Morgan fingerprint density at radius 2 is 1.84 bits per heavy atom. The van der Waals surface area contributed by atoms with Gasteiger partial charge in [-0.05, 0) is 47.5 Å². The zero-order chi connectivity index (χ0) is 21.6. The lowest BCUT2D eigenvalue weighted by Gasteiger charge is -2.23. The quantitative estimate of drug-likeness (QED) is 0.508. The molecule has 2 heterocycles. The molecule has 31 heavy (non-hydrogen) atoms. The van der Waals surface area contributed by atoms with Crippen LogP contribution in [0.15, 0.2) is 78.6 Å². The second-order valence-corrected chi connectivity index (χ2v) is 7.57. The van der Waals surface area contributed by atoms with Gasteiger partial charge in [-0.2, -0.15) is 0 Å². The van der Waals surface area contributed by atoms with Crippen molar-refractivity contribution >= 4 is 17.5 Å². The van der Waals surface area contributed by atoms with E-state index in [0.717, 1.165) is 11.1 Å². The molecule has 0 unspecified atom stereocenters. The second-order valence-electron chi connectivity index (χ2n) is 7.04.